The predicted molar refractivity (Wildman–Crippen MR) is 77.3 cm³/mol. The summed E-state index contributed by atoms with van der Waals surface area (Å²) in [5.74, 6) is -0.143. The van der Waals surface area contributed by atoms with Crippen LogP contribution in [0.25, 0.3) is 0 Å². The Hall–Kier alpha value is -0.313. The summed E-state index contributed by atoms with van der Waals surface area (Å²) in [7, 11) is -0.477. The Morgan fingerprint density at radius 3 is 1.94 bits per heavy atom. The number of esters is 1. The van der Waals surface area contributed by atoms with Crippen LogP contribution in [-0.4, -0.2) is 21.4 Å². The van der Waals surface area contributed by atoms with Gasteiger partial charge in [0, 0.05) is 15.7 Å². The molecule has 0 radical (unpaired) electrons. The monoisotopic (exact) mass is 258 g/mol. The molecule has 17 heavy (non-hydrogen) atoms. The fraction of sp³-hybridized carbons (Fsp3) is 0.929. The molecule has 0 fully saturated rings. The van der Waals surface area contributed by atoms with E-state index >= 15 is 0 Å². The molecule has 0 rings (SSSR count). The highest BCUT2D eigenvalue weighted by Crippen LogP contribution is 2.16. The second-order valence-corrected chi connectivity index (χ2v) is 8.45. The normalized spacial score (nSPS) is 10.8. The van der Waals surface area contributed by atoms with Crippen molar-refractivity contribution in [2.24, 2.45) is 0 Å². The second-order valence-electron chi connectivity index (χ2n) is 4.99. The molecule has 0 N–H and O–H groups in total. The molecule has 3 heteroatoms. The van der Waals surface area contributed by atoms with Crippen LogP contribution in [0.3, 0.4) is 0 Å². The Labute approximate surface area is 109 Å². The maximum absolute atomic E-state index is 10.6. The summed E-state index contributed by atoms with van der Waals surface area (Å²) in [5, 5.41) is 0. The van der Waals surface area contributed by atoms with Gasteiger partial charge in [0.1, 0.15) is 0 Å². The molecule has 0 aromatic carbocycles. The topological polar surface area (TPSA) is 26.3 Å². The van der Waals surface area contributed by atoms with E-state index in [1.807, 2.05) is 0 Å². The van der Waals surface area contributed by atoms with Gasteiger partial charge in [-0.1, -0.05) is 64.1 Å². The van der Waals surface area contributed by atoms with Gasteiger partial charge in [0.05, 0.1) is 6.61 Å². The van der Waals surface area contributed by atoms with Crippen molar-refractivity contribution in [2.45, 2.75) is 77.4 Å². The van der Waals surface area contributed by atoms with Crippen molar-refractivity contribution in [1.29, 1.82) is 0 Å². The molecule has 0 spiro atoms. The summed E-state index contributed by atoms with van der Waals surface area (Å²) >= 11 is 0. The average Bonchev–Trinajstić information content (AvgIpc) is 2.30. The molecular formula is C14H30O2Si. The molecule has 0 aliphatic heterocycles. The van der Waals surface area contributed by atoms with E-state index in [-0.39, 0.29) is 5.97 Å². The first kappa shape index (κ1) is 16.7. The van der Waals surface area contributed by atoms with Crippen LogP contribution in [0.1, 0.15) is 59.3 Å². The fourth-order valence-corrected chi connectivity index (χ4v) is 5.87. The quantitative estimate of drug-likeness (QED) is 0.316. The lowest BCUT2D eigenvalue weighted by Crippen LogP contribution is -2.12. The minimum Gasteiger partial charge on any atom is -0.466 e. The van der Waals surface area contributed by atoms with Gasteiger partial charge in [0.25, 0.3) is 0 Å². The summed E-state index contributed by atoms with van der Waals surface area (Å²) in [4.78, 5) is 10.6. The Morgan fingerprint density at radius 2 is 1.47 bits per heavy atom. The van der Waals surface area contributed by atoms with Gasteiger partial charge in [-0.3, -0.25) is 4.79 Å². The molecule has 0 unspecified atom stereocenters. The highest BCUT2D eigenvalue weighted by atomic mass is 28.3. The van der Waals surface area contributed by atoms with Crippen LogP contribution >= 0.6 is 0 Å². The van der Waals surface area contributed by atoms with Gasteiger partial charge in [0.2, 0.25) is 0 Å². The van der Waals surface area contributed by atoms with Crippen molar-refractivity contribution < 1.29 is 9.53 Å². The Morgan fingerprint density at radius 1 is 0.941 bits per heavy atom. The van der Waals surface area contributed by atoms with E-state index in [9.17, 15) is 4.79 Å². The molecule has 0 heterocycles. The standard InChI is InChI=1S/C14H30O2Si/c1-4-6-11-17(12-7-5-2)13-9-8-10-16-14(3)15/h17H,4-13H2,1-3H3. The number of hydrogen-bond acceptors (Lipinski definition) is 2. The fourth-order valence-electron chi connectivity index (χ4n) is 2.17. The van der Waals surface area contributed by atoms with E-state index in [4.69, 9.17) is 4.74 Å². The zero-order chi connectivity index (χ0) is 12.9. The average molecular weight is 258 g/mol. The summed E-state index contributed by atoms with van der Waals surface area (Å²) in [5.41, 5.74) is 0. The molecule has 0 saturated carbocycles. The maximum Gasteiger partial charge on any atom is 0.302 e. The van der Waals surface area contributed by atoms with Crippen molar-refractivity contribution in [3.63, 3.8) is 0 Å². The van der Waals surface area contributed by atoms with Crippen molar-refractivity contribution in [3.05, 3.63) is 0 Å². The van der Waals surface area contributed by atoms with Crippen LogP contribution in [0.15, 0.2) is 0 Å². The van der Waals surface area contributed by atoms with Gasteiger partial charge in [0.15, 0.2) is 0 Å². The van der Waals surface area contributed by atoms with Crippen LogP contribution < -0.4 is 0 Å². The van der Waals surface area contributed by atoms with Crippen LogP contribution in [-0.2, 0) is 9.53 Å². The second kappa shape index (κ2) is 12.2. The lowest BCUT2D eigenvalue weighted by Gasteiger charge is -2.14. The van der Waals surface area contributed by atoms with E-state index in [0.29, 0.717) is 6.61 Å². The number of ether oxygens (including phenoxy) is 1. The van der Waals surface area contributed by atoms with Gasteiger partial charge in [-0.2, -0.15) is 0 Å². The molecule has 0 aliphatic rings. The maximum atomic E-state index is 10.6. The predicted octanol–water partition coefficient (Wildman–Crippen LogP) is 4.16. The zero-order valence-electron chi connectivity index (χ0n) is 12.0. The molecule has 0 amide bonds. The number of carbonyl (C=O) groups is 1. The molecule has 0 aromatic heterocycles. The summed E-state index contributed by atoms with van der Waals surface area (Å²) in [6.45, 7) is 6.68. The molecule has 2 nitrogen and oxygen atoms in total. The zero-order valence-corrected chi connectivity index (χ0v) is 13.1. The van der Waals surface area contributed by atoms with Crippen LogP contribution in [0, 0.1) is 0 Å². The first-order valence-corrected chi connectivity index (χ1v) is 9.79. The van der Waals surface area contributed by atoms with E-state index in [1.165, 1.54) is 57.2 Å². The largest absolute Gasteiger partial charge is 0.466 e. The minimum atomic E-state index is -0.477. The highest BCUT2D eigenvalue weighted by molar-refractivity contribution is 6.58. The third-order valence-corrected chi connectivity index (χ3v) is 6.92. The molecule has 0 bridgehead atoms. The molecular weight excluding hydrogens is 228 g/mol. The lowest BCUT2D eigenvalue weighted by molar-refractivity contribution is -0.141. The first-order valence-electron chi connectivity index (χ1n) is 7.34. The number of unbranched alkanes of at least 4 members (excludes halogenated alkanes) is 3. The Kier molecular flexibility index (Phi) is 11.9. The summed E-state index contributed by atoms with van der Waals surface area (Å²) in [6.07, 6.45) is 7.83. The van der Waals surface area contributed by atoms with Gasteiger partial charge in [-0.25, -0.2) is 0 Å². The van der Waals surface area contributed by atoms with Crippen molar-refractivity contribution in [1.82, 2.24) is 0 Å². The number of hydrogen-bond donors (Lipinski definition) is 0. The molecule has 102 valence electrons. The molecule has 0 saturated heterocycles. The van der Waals surface area contributed by atoms with Crippen molar-refractivity contribution in [3.8, 4) is 0 Å². The van der Waals surface area contributed by atoms with E-state index in [0.717, 1.165) is 6.42 Å². The number of rotatable bonds is 11. The lowest BCUT2D eigenvalue weighted by atomic mass is 10.3. The minimum absolute atomic E-state index is 0.143. The van der Waals surface area contributed by atoms with Crippen molar-refractivity contribution in [2.75, 3.05) is 6.61 Å². The summed E-state index contributed by atoms with van der Waals surface area (Å²) in [6, 6.07) is 4.48. The van der Waals surface area contributed by atoms with Gasteiger partial charge in [-0.05, 0) is 6.42 Å². The molecule has 0 aromatic rings. The van der Waals surface area contributed by atoms with Gasteiger partial charge < -0.3 is 4.74 Å². The SMILES string of the molecule is CCCC[SiH](CCCC)CCCCOC(C)=O. The van der Waals surface area contributed by atoms with E-state index in [1.54, 1.807) is 0 Å². The van der Waals surface area contributed by atoms with Gasteiger partial charge >= 0.3 is 5.97 Å². The first-order chi connectivity index (χ1) is 8.20. The third kappa shape index (κ3) is 11.9. The number of carbonyl (C=O) groups excluding carboxylic acids is 1. The highest BCUT2D eigenvalue weighted by Gasteiger charge is 2.09. The van der Waals surface area contributed by atoms with Gasteiger partial charge in [-0.15, -0.1) is 0 Å². The third-order valence-electron chi connectivity index (χ3n) is 3.24. The van der Waals surface area contributed by atoms with Crippen LogP contribution in [0.4, 0.5) is 0 Å². The smallest absolute Gasteiger partial charge is 0.302 e. The summed E-state index contributed by atoms with van der Waals surface area (Å²) < 4.78 is 4.96. The Bertz CT molecular complexity index is 175. The Balaban J connectivity index is 3.55. The molecule has 0 aliphatic carbocycles. The van der Waals surface area contributed by atoms with Crippen LogP contribution in [0.2, 0.25) is 18.1 Å². The molecule has 0 atom stereocenters. The van der Waals surface area contributed by atoms with E-state index in [2.05, 4.69) is 13.8 Å². The van der Waals surface area contributed by atoms with Crippen molar-refractivity contribution >= 4 is 14.8 Å². The van der Waals surface area contributed by atoms with E-state index < -0.39 is 8.80 Å². The van der Waals surface area contributed by atoms with Crippen LogP contribution in [0.5, 0.6) is 0 Å².